The highest BCUT2D eigenvalue weighted by Crippen LogP contribution is 2.32. The molecule has 0 spiro atoms. The first-order valence-corrected chi connectivity index (χ1v) is 5.76. The summed E-state index contributed by atoms with van der Waals surface area (Å²) in [6.45, 7) is 3.25. The number of aliphatic hydroxyl groups is 2. The van der Waals surface area contributed by atoms with Crippen LogP contribution in [0.1, 0.15) is 18.9 Å². The first-order chi connectivity index (χ1) is 7.52. The van der Waals surface area contributed by atoms with Crippen molar-refractivity contribution < 1.29 is 10.2 Å². The second kappa shape index (κ2) is 4.24. The molecule has 1 aromatic rings. The second-order valence-corrected chi connectivity index (χ2v) is 5.02. The van der Waals surface area contributed by atoms with Crippen LogP contribution in [0, 0.1) is 0 Å². The predicted octanol–water partition coefficient (Wildman–Crippen LogP) is 1.79. The zero-order valence-corrected chi connectivity index (χ0v) is 10.0. The van der Waals surface area contributed by atoms with Crippen LogP contribution in [0.3, 0.4) is 0 Å². The standard InChI is InChI=1S/C12H16ClNO2/c1-12(16)4-5-14(8-12)11-3-2-9(7-15)6-10(11)13/h2-3,6,15-16H,4-5,7-8H2,1H3. The molecule has 2 N–H and O–H groups in total. The zero-order chi connectivity index (χ0) is 11.8. The van der Waals surface area contributed by atoms with Crippen molar-refractivity contribution in [2.75, 3.05) is 18.0 Å². The van der Waals surface area contributed by atoms with E-state index in [-0.39, 0.29) is 6.61 Å². The lowest BCUT2D eigenvalue weighted by Crippen LogP contribution is -2.29. The van der Waals surface area contributed by atoms with Gasteiger partial charge in [0.15, 0.2) is 0 Å². The number of hydrogen-bond donors (Lipinski definition) is 2. The average molecular weight is 242 g/mol. The SMILES string of the molecule is CC1(O)CCN(c2ccc(CO)cc2Cl)C1. The van der Waals surface area contributed by atoms with Gasteiger partial charge in [-0.1, -0.05) is 17.7 Å². The van der Waals surface area contributed by atoms with Crippen molar-refractivity contribution >= 4 is 17.3 Å². The van der Waals surface area contributed by atoms with E-state index in [1.807, 2.05) is 19.1 Å². The van der Waals surface area contributed by atoms with Crippen molar-refractivity contribution in [1.29, 1.82) is 0 Å². The van der Waals surface area contributed by atoms with E-state index < -0.39 is 5.60 Å². The number of hydrogen-bond acceptors (Lipinski definition) is 3. The number of aliphatic hydroxyl groups excluding tert-OH is 1. The molecule has 16 heavy (non-hydrogen) atoms. The van der Waals surface area contributed by atoms with Gasteiger partial charge in [0.1, 0.15) is 0 Å². The summed E-state index contributed by atoms with van der Waals surface area (Å²) >= 11 is 6.15. The Hall–Kier alpha value is -0.770. The van der Waals surface area contributed by atoms with Crippen molar-refractivity contribution in [3.8, 4) is 0 Å². The van der Waals surface area contributed by atoms with E-state index in [4.69, 9.17) is 16.7 Å². The van der Waals surface area contributed by atoms with Crippen molar-refractivity contribution in [2.45, 2.75) is 25.6 Å². The largest absolute Gasteiger partial charge is 0.392 e. The summed E-state index contributed by atoms with van der Waals surface area (Å²) in [4.78, 5) is 2.07. The van der Waals surface area contributed by atoms with Crippen LogP contribution < -0.4 is 4.90 Å². The Morgan fingerprint density at radius 2 is 2.25 bits per heavy atom. The molecular formula is C12H16ClNO2. The molecule has 4 heteroatoms. The lowest BCUT2D eigenvalue weighted by molar-refractivity contribution is 0.0839. The van der Waals surface area contributed by atoms with E-state index in [2.05, 4.69) is 4.90 Å². The Labute approximate surface area is 100 Å². The van der Waals surface area contributed by atoms with Gasteiger partial charge in [0, 0.05) is 13.1 Å². The molecule has 1 aliphatic heterocycles. The molecular weight excluding hydrogens is 226 g/mol. The first kappa shape index (κ1) is 11.7. The number of rotatable bonds is 2. The Kier molecular flexibility index (Phi) is 3.10. The van der Waals surface area contributed by atoms with Gasteiger partial charge in [-0.3, -0.25) is 0 Å². The fourth-order valence-electron chi connectivity index (χ4n) is 2.06. The lowest BCUT2D eigenvalue weighted by Gasteiger charge is -2.22. The van der Waals surface area contributed by atoms with Gasteiger partial charge in [-0.15, -0.1) is 0 Å². The molecule has 1 aliphatic rings. The summed E-state index contributed by atoms with van der Waals surface area (Å²) in [6.07, 6.45) is 0.755. The number of benzene rings is 1. The third-order valence-corrected chi connectivity index (χ3v) is 3.29. The van der Waals surface area contributed by atoms with Crippen LogP contribution in [0.15, 0.2) is 18.2 Å². The van der Waals surface area contributed by atoms with Gasteiger partial charge in [-0.2, -0.15) is 0 Å². The van der Waals surface area contributed by atoms with Crippen LogP contribution in [0.5, 0.6) is 0 Å². The molecule has 0 bridgehead atoms. The van der Waals surface area contributed by atoms with E-state index in [1.165, 1.54) is 0 Å². The zero-order valence-electron chi connectivity index (χ0n) is 9.28. The molecule has 1 aromatic carbocycles. The minimum Gasteiger partial charge on any atom is -0.392 e. The Bertz CT molecular complexity index is 393. The van der Waals surface area contributed by atoms with Gasteiger partial charge in [0.05, 0.1) is 22.9 Å². The van der Waals surface area contributed by atoms with Crippen molar-refractivity contribution in [2.24, 2.45) is 0 Å². The summed E-state index contributed by atoms with van der Waals surface area (Å²) in [6, 6.07) is 5.52. The van der Waals surface area contributed by atoms with Crippen LogP contribution in [-0.4, -0.2) is 28.9 Å². The number of halogens is 1. The molecule has 0 aromatic heterocycles. The fourth-order valence-corrected chi connectivity index (χ4v) is 2.38. The highest BCUT2D eigenvalue weighted by atomic mass is 35.5. The van der Waals surface area contributed by atoms with Crippen LogP contribution >= 0.6 is 11.6 Å². The van der Waals surface area contributed by atoms with Gasteiger partial charge >= 0.3 is 0 Å². The molecule has 0 amide bonds. The molecule has 0 saturated carbocycles. The summed E-state index contributed by atoms with van der Waals surface area (Å²) < 4.78 is 0. The Balaban J connectivity index is 2.22. The lowest BCUT2D eigenvalue weighted by atomic mass is 10.1. The quantitative estimate of drug-likeness (QED) is 0.830. The maximum Gasteiger partial charge on any atom is 0.0810 e. The number of nitrogens with zero attached hydrogens (tertiary/aromatic N) is 1. The molecule has 88 valence electrons. The highest BCUT2D eigenvalue weighted by Gasteiger charge is 2.32. The minimum atomic E-state index is -0.626. The van der Waals surface area contributed by atoms with Crippen LogP contribution in [0.25, 0.3) is 0 Å². The minimum absolute atomic E-state index is 0.00227. The fraction of sp³-hybridized carbons (Fsp3) is 0.500. The van der Waals surface area contributed by atoms with E-state index >= 15 is 0 Å². The van der Waals surface area contributed by atoms with Crippen molar-refractivity contribution in [3.63, 3.8) is 0 Å². The summed E-state index contributed by atoms with van der Waals surface area (Å²) in [5.41, 5.74) is 1.11. The second-order valence-electron chi connectivity index (χ2n) is 4.61. The van der Waals surface area contributed by atoms with Gasteiger partial charge in [-0.05, 0) is 31.0 Å². The monoisotopic (exact) mass is 241 g/mol. The average Bonchev–Trinajstić information content (AvgIpc) is 2.58. The van der Waals surface area contributed by atoms with E-state index in [0.29, 0.717) is 11.6 Å². The topological polar surface area (TPSA) is 43.7 Å². The Morgan fingerprint density at radius 1 is 1.50 bits per heavy atom. The van der Waals surface area contributed by atoms with Crippen LogP contribution in [-0.2, 0) is 6.61 Å². The maximum absolute atomic E-state index is 9.89. The van der Waals surface area contributed by atoms with Gasteiger partial charge in [0.25, 0.3) is 0 Å². The smallest absolute Gasteiger partial charge is 0.0810 e. The summed E-state index contributed by atoms with van der Waals surface area (Å²) in [5.74, 6) is 0. The number of anilines is 1. The Morgan fingerprint density at radius 3 is 2.75 bits per heavy atom. The summed E-state index contributed by atoms with van der Waals surface area (Å²) in [5, 5.41) is 19.5. The molecule has 1 heterocycles. The van der Waals surface area contributed by atoms with E-state index in [0.717, 1.165) is 24.2 Å². The molecule has 0 radical (unpaired) electrons. The molecule has 1 atom stereocenters. The van der Waals surface area contributed by atoms with E-state index in [9.17, 15) is 5.11 Å². The highest BCUT2D eigenvalue weighted by molar-refractivity contribution is 6.33. The van der Waals surface area contributed by atoms with Gasteiger partial charge < -0.3 is 15.1 Å². The normalized spacial score (nSPS) is 25.1. The molecule has 1 fully saturated rings. The molecule has 3 nitrogen and oxygen atoms in total. The van der Waals surface area contributed by atoms with Crippen molar-refractivity contribution in [1.82, 2.24) is 0 Å². The summed E-state index contributed by atoms with van der Waals surface area (Å²) in [7, 11) is 0. The van der Waals surface area contributed by atoms with E-state index in [1.54, 1.807) is 6.07 Å². The van der Waals surface area contributed by atoms with Gasteiger partial charge in [0.2, 0.25) is 0 Å². The predicted molar refractivity (Wildman–Crippen MR) is 64.8 cm³/mol. The van der Waals surface area contributed by atoms with Gasteiger partial charge in [-0.25, -0.2) is 0 Å². The molecule has 1 saturated heterocycles. The third kappa shape index (κ3) is 2.32. The first-order valence-electron chi connectivity index (χ1n) is 5.38. The number of β-amino-alcohol motifs (C(OH)–C–C–N with tert-alkyl or cyclic N) is 1. The third-order valence-electron chi connectivity index (χ3n) is 2.99. The molecule has 0 aliphatic carbocycles. The maximum atomic E-state index is 9.89. The molecule has 1 unspecified atom stereocenters. The van der Waals surface area contributed by atoms with Crippen LogP contribution in [0.4, 0.5) is 5.69 Å². The molecule has 2 rings (SSSR count). The van der Waals surface area contributed by atoms with Crippen molar-refractivity contribution in [3.05, 3.63) is 28.8 Å². The van der Waals surface area contributed by atoms with Crippen LogP contribution in [0.2, 0.25) is 5.02 Å².